The molecule has 0 aliphatic rings. The van der Waals surface area contributed by atoms with Gasteiger partial charge in [-0.3, -0.25) is 0 Å². The number of methoxy groups -OCH3 is 1. The molecule has 1 atom stereocenters. The summed E-state index contributed by atoms with van der Waals surface area (Å²) >= 11 is 0. The van der Waals surface area contributed by atoms with Gasteiger partial charge in [-0.2, -0.15) is 5.10 Å². The fourth-order valence-electron chi connectivity index (χ4n) is 2.73. The molecule has 6 heteroatoms. The van der Waals surface area contributed by atoms with Crippen molar-refractivity contribution in [3.63, 3.8) is 0 Å². The van der Waals surface area contributed by atoms with E-state index in [0.717, 1.165) is 35.1 Å². The standard InChI is InChI=1S/C19H29N5O/c1-6-20-19(22-15(3)13-25-5)21-12-17-9-7-8-10-18(17)24-16(4)11-14(2)23-24/h7-11,15H,6,12-13H2,1-5H3,(H2,20,21,22). The lowest BCUT2D eigenvalue weighted by molar-refractivity contribution is 0.179. The third kappa shape index (κ3) is 5.32. The number of nitrogens with one attached hydrogen (secondary N) is 2. The molecule has 0 saturated heterocycles. The van der Waals surface area contributed by atoms with E-state index in [9.17, 15) is 0 Å². The first-order chi connectivity index (χ1) is 12.0. The summed E-state index contributed by atoms with van der Waals surface area (Å²) in [6, 6.07) is 10.5. The molecule has 2 N–H and O–H groups in total. The van der Waals surface area contributed by atoms with E-state index in [1.165, 1.54) is 0 Å². The second-order valence-electron chi connectivity index (χ2n) is 6.16. The first kappa shape index (κ1) is 19.0. The summed E-state index contributed by atoms with van der Waals surface area (Å²) in [6.07, 6.45) is 0. The molecule has 0 bridgehead atoms. The van der Waals surface area contributed by atoms with Crippen molar-refractivity contribution in [2.75, 3.05) is 20.3 Å². The Kier molecular flexibility index (Phi) is 7.01. The van der Waals surface area contributed by atoms with Gasteiger partial charge in [0.05, 0.1) is 24.5 Å². The van der Waals surface area contributed by atoms with E-state index in [2.05, 4.69) is 54.7 Å². The monoisotopic (exact) mass is 343 g/mol. The van der Waals surface area contributed by atoms with Gasteiger partial charge in [0.2, 0.25) is 0 Å². The van der Waals surface area contributed by atoms with Gasteiger partial charge in [0, 0.05) is 25.4 Å². The van der Waals surface area contributed by atoms with E-state index in [0.29, 0.717) is 13.2 Å². The molecule has 0 radical (unpaired) electrons. The van der Waals surface area contributed by atoms with E-state index in [4.69, 9.17) is 9.73 Å². The van der Waals surface area contributed by atoms with Gasteiger partial charge in [-0.05, 0) is 45.4 Å². The van der Waals surface area contributed by atoms with Crippen molar-refractivity contribution in [2.24, 2.45) is 4.99 Å². The average molecular weight is 343 g/mol. The van der Waals surface area contributed by atoms with Gasteiger partial charge in [-0.15, -0.1) is 0 Å². The summed E-state index contributed by atoms with van der Waals surface area (Å²) in [7, 11) is 1.70. The van der Waals surface area contributed by atoms with Crippen LogP contribution in [-0.2, 0) is 11.3 Å². The number of aromatic nitrogens is 2. The van der Waals surface area contributed by atoms with Crippen LogP contribution >= 0.6 is 0 Å². The molecular formula is C19H29N5O. The molecule has 1 unspecified atom stereocenters. The Hall–Kier alpha value is -2.34. The fraction of sp³-hybridized carbons (Fsp3) is 0.474. The molecule has 1 heterocycles. The highest BCUT2D eigenvalue weighted by Crippen LogP contribution is 2.17. The highest BCUT2D eigenvalue weighted by atomic mass is 16.5. The Morgan fingerprint density at radius 2 is 2.08 bits per heavy atom. The Labute approximate surface area is 150 Å². The van der Waals surface area contributed by atoms with Gasteiger partial charge in [-0.25, -0.2) is 9.67 Å². The molecule has 1 aromatic carbocycles. The quantitative estimate of drug-likeness (QED) is 0.599. The average Bonchev–Trinajstić information content (AvgIpc) is 2.91. The van der Waals surface area contributed by atoms with Gasteiger partial charge < -0.3 is 15.4 Å². The third-order valence-electron chi connectivity index (χ3n) is 3.78. The fourth-order valence-corrected chi connectivity index (χ4v) is 2.73. The minimum absolute atomic E-state index is 0.189. The molecule has 2 aromatic rings. The number of rotatable bonds is 7. The lowest BCUT2D eigenvalue weighted by Crippen LogP contribution is -2.43. The molecule has 0 amide bonds. The molecule has 25 heavy (non-hydrogen) atoms. The summed E-state index contributed by atoms with van der Waals surface area (Å²) in [5, 5.41) is 11.2. The van der Waals surface area contributed by atoms with Crippen molar-refractivity contribution < 1.29 is 4.74 Å². The number of ether oxygens (including phenoxy) is 1. The number of benzene rings is 1. The van der Waals surface area contributed by atoms with E-state index < -0.39 is 0 Å². The van der Waals surface area contributed by atoms with Crippen molar-refractivity contribution in [3.8, 4) is 5.69 Å². The summed E-state index contributed by atoms with van der Waals surface area (Å²) in [5.74, 6) is 0.787. The van der Waals surface area contributed by atoms with Gasteiger partial charge in [-0.1, -0.05) is 18.2 Å². The number of para-hydroxylation sites is 1. The molecule has 6 nitrogen and oxygen atoms in total. The first-order valence-electron chi connectivity index (χ1n) is 8.70. The Bertz CT molecular complexity index is 708. The van der Waals surface area contributed by atoms with Crippen LogP contribution in [-0.4, -0.2) is 42.0 Å². The van der Waals surface area contributed by atoms with E-state index in [1.54, 1.807) is 7.11 Å². The molecule has 0 saturated carbocycles. The number of nitrogens with zero attached hydrogens (tertiary/aromatic N) is 3. The van der Waals surface area contributed by atoms with Crippen molar-refractivity contribution in [2.45, 2.75) is 40.3 Å². The number of guanidine groups is 1. The maximum Gasteiger partial charge on any atom is 0.191 e. The zero-order valence-electron chi connectivity index (χ0n) is 15.8. The zero-order chi connectivity index (χ0) is 18.2. The van der Waals surface area contributed by atoms with Crippen LogP contribution < -0.4 is 10.6 Å². The number of aliphatic imine (C=N–C) groups is 1. The van der Waals surface area contributed by atoms with Crippen LogP contribution in [0.2, 0.25) is 0 Å². The van der Waals surface area contributed by atoms with Gasteiger partial charge in [0.1, 0.15) is 0 Å². The molecular weight excluding hydrogens is 314 g/mol. The molecule has 0 aliphatic carbocycles. The van der Waals surface area contributed by atoms with Crippen LogP contribution in [0, 0.1) is 13.8 Å². The van der Waals surface area contributed by atoms with Crippen LogP contribution in [0.4, 0.5) is 0 Å². The zero-order valence-corrected chi connectivity index (χ0v) is 15.8. The van der Waals surface area contributed by atoms with Gasteiger partial charge in [0.15, 0.2) is 5.96 Å². The molecule has 2 rings (SSSR count). The molecule has 0 fully saturated rings. The topological polar surface area (TPSA) is 63.5 Å². The van der Waals surface area contributed by atoms with Crippen LogP contribution in [0.5, 0.6) is 0 Å². The number of hydrogen-bond donors (Lipinski definition) is 2. The number of hydrogen-bond acceptors (Lipinski definition) is 3. The maximum atomic E-state index is 5.18. The lowest BCUT2D eigenvalue weighted by Gasteiger charge is -2.17. The second kappa shape index (κ2) is 9.22. The van der Waals surface area contributed by atoms with E-state index in [1.807, 2.05) is 23.7 Å². The molecule has 1 aromatic heterocycles. The van der Waals surface area contributed by atoms with Gasteiger partial charge in [0.25, 0.3) is 0 Å². The minimum atomic E-state index is 0.189. The molecule has 0 spiro atoms. The summed E-state index contributed by atoms with van der Waals surface area (Å²) in [6.45, 7) is 10.2. The Balaban J connectivity index is 2.22. The smallest absolute Gasteiger partial charge is 0.191 e. The summed E-state index contributed by atoms with van der Waals surface area (Å²) in [4.78, 5) is 4.73. The molecule has 136 valence electrons. The largest absolute Gasteiger partial charge is 0.383 e. The Morgan fingerprint density at radius 1 is 1.32 bits per heavy atom. The SMILES string of the molecule is CCNC(=NCc1ccccc1-n1nc(C)cc1C)NC(C)COC. The highest BCUT2D eigenvalue weighted by Gasteiger charge is 2.09. The maximum absolute atomic E-state index is 5.18. The predicted octanol–water partition coefficient (Wildman–Crippen LogP) is 2.58. The third-order valence-corrected chi connectivity index (χ3v) is 3.78. The van der Waals surface area contributed by atoms with Crippen LogP contribution in [0.1, 0.15) is 30.8 Å². The number of aryl methyl sites for hydroxylation is 2. The van der Waals surface area contributed by atoms with Crippen molar-refractivity contribution in [1.82, 2.24) is 20.4 Å². The van der Waals surface area contributed by atoms with Crippen LogP contribution in [0.3, 0.4) is 0 Å². The van der Waals surface area contributed by atoms with Gasteiger partial charge >= 0.3 is 0 Å². The second-order valence-corrected chi connectivity index (χ2v) is 6.16. The van der Waals surface area contributed by atoms with Crippen molar-refractivity contribution >= 4 is 5.96 Å². The van der Waals surface area contributed by atoms with Crippen LogP contribution in [0.15, 0.2) is 35.3 Å². The molecule has 0 aliphatic heterocycles. The van der Waals surface area contributed by atoms with Crippen molar-refractivity contribution in [1.29, 1.82) is 0 Å². The van der Waals surface area contributed by atoms with Crippen LogP contribution in [0.25, 0.3) is 5.69 Å². The van der Waals surface area contributed by atoms with E-state index >= 15 is 0 Å². The predicted molar refractivity (Wildman–Crippen MR) is 102 cm³/mol. The minimum Gasteiger partial charge on any atom is -0.383 e. The lowest BCUT2D eigenvalue weighted by atomic mass is 10.2. The summed E-state index contributed by atoms with van der Waals surface area (Å²) < 4.78 is 7.16. The van der Waals surface area contributed by atoms with Crippen molar-refractivity contribution in [3.05, 3.63) is 47.3 Å². The highest BCUT2D eigenvalue weighted by molar-refractivity contribution is 5.80. The normalized spacial score (nSPS) is 12.9. The Morgan fingerprint density at radius 3 is 2.72 bits per heavy atom. The van der Waals surface area contributed by atoms with E-state index in [-0.39, 0.29) is 6.04 Å². The summed E-state index contributed by atoms with van der Waals surface area (Å²) in [5.41, 5.74) is 4.33. The first-order valence-corrected chi connectivity index (χ1v) is 8.70.